The van der Waals surface area contributed by atoms with Crippen LogP contribution in [0.2, 0.25) is 0 Å². The first kappa shape index (κ1) is 17.7. The molecule has 0 aromatic carbocycles. The Morgan fingerprint density at radius 3 is 1.94 bits per heavy atom. The van der Waals surface area contributed by atoms with Crippen molar-refractivity contribution in [2.24, 2.45) is 5.92 Å². The van der Waals surface area contributed by atoms with Gasteiger partial charge in [-0.25, -0.2) is 0 Å². The summed E-state index contributed by atoms with van der Waals surface area (Å²) < 4.78 is 1.28. The predicted octanol–water partition coefficient (Wildman–Crippen LogP) is 5.02. The van der Waals surface area contributed by atoms with Crippen molar-refractivity contribution in [1.82, 2.24) is 0 Å². The number of hydrogen-bond acceptors (Lipinski definition) is 0. The lowest BCUT2D eigenvalue weighted by molar-refractivity contribution is -0.945. The van der Waals surface area contributed by atoms with Crippen molar-refractivity contribution in [2.45, 2.75) is 73.8 Å². The Morgan fingerprint density at radius 2 is 1.56 bits per heavy atom. The summed E-state index contributed by atoms with van der Waals surface area (Å²) >= 11 is 0. The molecule has 0 spiro atoms. The lowest BCUT2D eigenvalue weighted by atomic mass is 9.99. The van der Waals surface area contributed by atoms with Crippen molar-refractivity contribution in [1.29, 1.82) is 0 Å². The van der Waals surface area contributed by atoms with Gasteiger partial charge in [0.2, 0.25) is 0 Å². The van der Waals surface area contributed by atoms with Gasteiger partial charge in [0.05, 0.1) is 25.7 Å². The van der Waals surface area contributed by atoms with E-state index < -0.39 is 0 Å². The van der Waals surface area contributed by atoms with E-state index in [1.807, 2.05) is 0 Å². The van der Waals surface area contributed by atoms with E-state index in [4.69, 9.17) is 0 Å². The maximum Gasteiger partial charge on any atom is 0.0833 e. The highest BCUT2D eigenvalue weighted by atomic mass is 15.4. The Kier molecular flexibility index (Phi) is 8.60. The Balaban J connectivity index is 4.15. The van der Waals surface area contributed by atoms with Gasteiger partial charge < -0.3 is 4.48 Å². The van der Waals surface area contributed by atoms with Gasteiger partial charge in [-0.15, -0.1) is 0 Å². The maximum absolute atomic E-state index is 2.42. The van der Waals surface area contributed by atoms with E-state index in [9.17, 15) is 0 Å². The number of hydrogen-bond donors (Lipinski definition) is 0. The summed E-state index contributed by atoms with van der Waals surface area (Å²) in [4.78, 5) is 0. The molecule has 0 saturated heterocycles. The zero-order chi connectivity index (χ0) is 14.2. The monoisotopic (exact) mass is 254 g/mol. The number of nitrogens with zero attached hydrogens (tertiary/aromatic N) is 1. The molecule has 108 valence electrons. The van der Waals surface area contributed by atoms with Crippen LogP contribution >= 0.6 is 0 Å². The van der Waals surface area contributed by atoms with E-state index in [0.29, 0.717) is 0 Å². The molecular formula is C17H36N+. The molecule has 0 saturated carbocycles. The van der Waals surface area contributed by atoms with Crippen molar-refractivity contribution in [3.63, 3.8) is 0 Å². The fraction of sp³-hybridized carbons (Fsp3) is 0.882. The van der Waals surface area contributed by atoms with Gasteiger partial charge >= 0.3 is 0 Å². The summed E-state index contributed by atoms with van der Waals surface area (Å²) in [6.07, 6.45) is 6.34. The maximum atomic E-state index is 2.42. The first-order chi connectivity index (χ1) is 8.38. The summed E-state index contributed by atoms with van der Waals surface area (Å²) in [5, 5.41) is 0. The first-order valence-electron chi connectivity index (χ1n) is 7.87. The Morgan fingerprint density at radius 1 is 1.00 bits per heavy atom. The zero-order valence-electron chi connectivity index (χ0n) is 13.9. The minimum absolute atomic E-state index is 0.755. The second-order valence-corrected chi connectivity index (χ2v) is 6.42. The largest absolute Gasteiger partial charge is 0.322 e. The van der Waals surface area contributed by atoms with Crippen LogP contribution in [0.1, 0.15) is 67.7 Å². The number of quaternary nitrogens is 1. The number of allylic oxidation sites excluding steroid dienone is 2. The molecule has 0 radical (unpaired) electrons. The molecule has 1 nitrogen and oxygen atoms in total. The molecule has 0 aromatic heterocycles. The first-order valence-corrected chi connectivity index (χ1v) is 7.87. The van der Waals surface area contributed by atoms with Gasteiger partial charge in [-0.2, -0.15) is 0 Å². The molecule has 18 heavy (non-hydrogen) atoms. The highest BCUT2D eigenvalue weighted by Crippen LogP contribution is 2.19. The summed E-state index contributed by atoms with van der Waals surface area (Å²) in [6.45, 7) is 20.1. The minimum atomic E-state index is 0.755. The fourth-order valence-corrected chi connectivity index (χ4v) is 2.81. The third-order valence-electron chi connectivity index (χ3n) is 4.63. The van der Waals surface area contributed by atoms with Crippen LogP contribution < -0.4 is 0 Å². The van der Waals surface area contributed by atoms with Crippen LogP contribution in [-0.4, -0.2) is 30.2 Å². The molecule has 0 aliphatic heterocycles. The molecule has 0 heterocycles. The van der Waals surface area contributed by atoms with Gasteiger partial charge in [-0.3, -0.25) is 0 Å². The SMILES string of the molecule is CC[N+](CC)(CC[C@@H](C)CCC=C(C)C)C(C)C. The lowest BCUT2D eigenvalue weighted by Crippen LogP contribution is -2.53. The predicted molar refractivity (Wildman–Crippen MR) is 83.8 cm³/mol. The van der Waals surface area contributed by atoms with Crippen molar-refractivity contribution < 1.29 is 4.48 Å². The average Bonchev–Trinajstić information content (AvgIpc) is 2.30. The Labute approximate surface area is 116 Å². The number of rotatable bonds is 9. The summed E-state index contributed by atoms with van der Waals surface area (Å²) in [6, 6.07) is 0.755. The summed E-state index contributed by atoms with van der Waals surface area (Å²) in [5.41, 5.74) is 1.46. The lowest BCUT2D eigenvalue weighted by Gasteiger charge is -2.41. The van der Waals surface area contributed by atoms with Crippen LogP contribution in [0.5, 0.6) is 0 Å². The van der Waals surface area contributed by atoms with Crippen LogP contribution in [0.4, 0.5) is 0 Å². The second kappa shape index (κ2) is 8.74. The molecule has 0 aliphatic rings. The van der Waals surface area contributed by atoms with E-state index in [0.717, 1.165) is 12.0 Å². The molecule has 0 N–H and O–H groups in total. The normalized spacial score (nSPS) is 13.8. The molecule has 0 unspecified atom stereocenters. The third kappa shape index (κ3) is 6.04. The summed E-state index contributed by atoms with van der Waals surface area (Å²) in [7, 11) is 0. The van der Waals surface area contributed by atoms with Gasteiger partial charge in [-0.05, 0) is 66.7 Å². The van der Waals surface area contributed by atoms with E-state index >= 15 is 0 Å². The quantitative estimate of drug-likeness (QED) is 0.400. The molecule has 1 atom stereocenters. The van der Waals surface area contributed by atoms with Crippen LogP contribution in [0.3, 0.4) is 0 Å². The van der Waals surface area contributed by atoms with Crippen LogP contribution in [-0.2, 0) is 0 Å². The molecule has 0 bridgehead atoms. The van der Waals surface area contributed by atoms with Gasteiger partial charge in [0.15, 0.2) is 0 Å². The molecule has 0 aromatic rings. The van der Waals surface area contributed by atoms with Crippen LogP contribution in [0, 0.1) is 5.92 Å². The van der Waals surface area contributed by atoms with Crippen LogP contribution in [0.25, 0.3) is 0 Å². The van der Waals surface area contributed by atoms with Gasteiger partial charge in [0.25, 0.3) is 0 Å². The minimum Gasteiger partial charge on any atom is -0.322 e. The van der Waals surface area contributed by atoms with E-state index in [2.05, 4.69) is 54.5 Å². The summed E-state index contributed by atoms with van der Waals surface area (Å²) in [5.74, 6) is 0.856. The highest BCUT2D eigenvalue weighted by molar-refractivity contribution is 4.92. The highest BCUT2D eigenvalue weighted by Gasteiger charge is 2.27. The molecule has 1 heteroatoms. The molecule has 0 aliphatic carbocycles. The fourth-order valence-electron chi connectivity index (χ4n) is 2.81. The van der Waals surface area contributed by atoms with Gasteiger partial charge in [0.1, 0.15) is 0 Å². The van der Waals surface area contributed by atoms with Crippen molar-refractivity contribution in [2.75, 3.05) is 19.6 Å². The standard InChI is InChI=1S/C17H36N/c1-8-18(9-2,16(5)6)14-13-17(7)12-10-11-15(3)4/h11,16-17H,8-10,12-14H2,1-7H3/q+1/t17-/m0/s1. The van der Waals surface area contributed by atoms with Gasteiger partial charge in [0, 0.05) is 0 Å². The van der Waals surface area contributed by atoms with E-state index in [1.54, 1.807) is 0 Å². The van der Waals surface area contributed by atoms with Gasteiger partial charge in [-0.1, -0.05) is 18.6 Å². The Hall–Kier alpha value is -0.300. The molecule has 0 fully saturated rings. The van der Waals surface area contributed by atoms with Crippen molar-refractivity contribution in [3.8, 4) is 0 Å². The van der Waals surface area contributed by atoms with E-state index in [-0.39, 0.29) is 0 Å². The van der Waals surface area contributed by atoms with Crippen molar-refractivity contribution in [3.05, 3.63) is 11.6 Å². The Bertz CT molecular complexity index is 232. The molecular weight excluding hydrogens is 218 g/mol. The average molecular weight is 254 g/mol. The third-order valence-corrected chi connectivity index (χ3v) is 4.63. The van der Waals surface area contributed by atoms with Crippen molar-refractivity contribution >= 4 is 0 Å². The topological polar surface area (TPSA) is 0 Å². The smallest absolute Gasteiger partial charge is 0.0833 e. The van der Waals surface area contributed by atoms with Crippen LogP contribution in [0.15, 0.2) is 11.6 Å². The second-order valence-electron chi connectivity index (χ2n) is 6.42. The zero-order valence-corrected chi connectivity index (χ0v) is 13.9. The molecule has 0 amide bonds. The van der Waals surface area contributed by atoms with E-state index in [1.165, 1.54) is 49.0 Å². The molecule has 0 rings (SSSR count).